The predicted octanol–water partition coefficient (Wildman–Crippen LogP) is 1.22. The van der Waals surface area contributed by atoms with Crippen molar-refractivity contribution in [1.82, 2.24) is 4.98 Å². The van der Waals surface area contributed by atoms with E-state index in [9.17, 15) is 9.59 Å². The molecule has 1 aliphatic rings. The number of carbonyl (C=O) groups excluding carboxylic acids is 2. The Kier molecular flexibility index (Phi) is 3.32. The van der Waals surface area contributed by atoms with Crippen molar-refractivity contribution in [3.05, 3.63) is 23.5 Å². The molecule has 0 N–H and O–H groups in total. The summed E-state index contributed by atoms with van der Waals surface area (Å²) in [6.45, 7) is 4.17. The highest BCUT2D eigenvalue weighted by Gasteiger charge is 2.36. The summed E-state index contributed by atoms with van der Waals surface area (Å²) in [5.41, 5.74) is 2.60. The molecule has 1 amide bonds. The van der Waals surface area contributed by atoms with Crippen LogP contribution in [0.5, 0.6) is 0 Å². The lowest BCUT2D eigenvalue weighted by Gasteiger charge is -2.20. The van der Waals surface area contributed by atoms with E-state index >= 15 is 0 Å². The van der Waals surface area contributed by atoms with Gasteiger partial charge in [0.05, 0.1) is 24.4 Å². The highest BCUT2D eigenvalue weighted by molar-refractivity contribution is 6.00. The molecular formula is C13H16N2O3. The minimum Gasteiger partial charge on any atom is -0.469 e. The van der Waals surface area contributed by atoms with Gasteiger partial charge < -0.3 is 9.64 Å². The van der Waals surface area contributed by atoms with Gasteiger partial charge in [0.2, 0.25) is 5.91 Å². The maximum atomic E-state index is 12.0. The van der Waals surface area contributed by atoms with Crippen LogP contribution < -0.4 is 4.90 Å². The lowest BCUT2D eigenvalue weighted by atomic mass is 10.1. The van der Waals surface area contributed by atoms with Gasteiger partial charge in [0, 0.05) is 19.2 Å². The number of rotatable bonds is 2. The highest BCUT2D eigenvalue weighted by atomic mass is 16.5. The molecule has 0 aliphatic carbocycles. The van der Waals surface area contributed by atoms with Crippen LogP contribution in [0.1, 0.15) is 17.7 Å². The van der Waals surface area contributed by atoms with Crippen LogP contribution in [0.3, 0.4) is 0 Å². The van der Waals surface area contributed by atoms with Crippen LogP contribution >= 0.6 is 0 Å². The second-order valence-corrected chi connectivity index (χ2v) is 4.49. The highest BCUT2D eigenvalue weighted by Crippen LogP contribution is 2.30. The number of aromatic nitrogens is 1. The predicted molar refractivity (Wildman–Crippen MR) is 66.2 cm³/mol. The fourth-order valence-electron chi connectivity index (χ4n) is 2.34. The van der Waals surface area contributed by atoms with Crippen molar-refractivity contribution in [2.45, 2.75) is 20.3 Å². The summed E-state index contributed by atoms with van der Waals surface area (Å²) in [4.78, 5) is 29.3. The van der Waals surface area contributed by atoms with Crippen molar-refractivity contribution in [3.63, 3.8) is 0 Å². The largest absolute Gasteiger partial charge is 0.469 e. The van der Waals surface area contributed by atoms with E-state index in [0.29, 0.717) is 6.54 Å². The molecule has 96 valence electrons. The van der Waals surface area contributed by atoms with Crippen molar-refractivity contribution in [3.8, 4) is 0 Å². The first-order valence-corrected chi connectivity index (χ1v) is 5.85. The van der Waals surface area contributed by atoms with Gasteiger partial charge in [0.1, 0.15) is 0 Å². The van der Waals surface area contributed by atoms with Gasteiger partial charge in [0.15, 0.2) is 0 Å². The van der Waals surface area contributed by atoms with Gasteiger partial charge in [0.25, 0.3) is 0 Å². The van der Waals surface area contributed by atoms with Crippen LogP contribution in [0.25, 0.3) is 0 Å². The first-order chi connectivity index (χ1) is 8.54. The molecule has 1 aliphatic heterocycles. The molecule has 1 unspecified atom stereocenters. The van der Waals surface area contributed by atoms with Crippen molar-refractivity contribution < 1.29 is 14.3 Å². The molecular weight excluding hydrogens is 232 g/mol. The minimum atomic E-state index is -0.374. The zero-order valence-corrected chi connectivity index (χ0v) is 10.8. The third kappa shape index (κ3) is 2.08. The van der Waals surface area contributed by atoms with E-state index in [2.05, 4.69) is 4.98 Å². The normalized spacial score (nSPS) is 19.2. The Labute approximate surface area is 106 Å². The molecule has 0 spiro atoms. The van der Waals surface area contributed by atoms with E-state index in [4.69, 9.17) is 4.74 Å². The number of methoxy groups -OCH3 is 1. The number of esters is 1. The lowest BCUT2D eigenvalue weighted by molar-refractivity contribution is -0.145. The van der Waals surface area contributed by atoms with Crippen LogP contribution in [0.2, 0.25) is 0 Å². The second kappa shape index (κ2) is 4.76. The maximum Gasteiger partial charge on any atom is 0.311 e. The number of aryl methyl sites for hydroxylation is 2. The minimum absolute atomic E-state index is 0.0513. The summed E-state index contributed by atoms with van der Waals surface area (Å²) < 4.78 is 4.69. The van der Waals surface area contributed by atoms with E-state index in [1.807, 2.05) is 19.9 Å². The number of carbonyl (C=O) groups is 2. The molecule has 0 bridgehead atoms. The smallest absolute Gasteiger partial charge is 0.311 e. The molecule has 5 nitrogen and oxygen atoms in total. The van der Waals surface area contributed by atoms with Gasteiger partial charge in [-0.3, -0.25) is 14.6 Å². The zero-order valence-electron chi connectivity index (χ0n) is 10.8. The quantitative estimate of drug-likeness (QED) is 0.738. The number of pyridine rings is 1. The zero-order chi connectivity index (χ0) is 13.3. The van der Waals surface area contributed by atoms with Crippen LogP contribution in [0, 0.1) is 19.8 Å². The molecule has 0 radical (unpaired) electrons. The number of hydrogen-bond donors (Lipinski definition) is 0. The Morgan fingerprint density at radius 2 is 2.22 bits per heavy atom. The molecule has 1 aromatic rings. The number of anilines is 1. The summed E-state index contributed by atoms with van der Waals surface area (Å²) in [5.74, 6) is -0.754. The van der Waals surface area contributed by atoms with Crippen LogP contribution in [-0.4, -0.2) is 30.5 Å². The van der Waals surface area contributed by atoms with E-state index in [1.54, 1.807) is 11.1 Å². The third-order valence-corrected chi connectivity index (χ3v) is 3.24. The second-order valence-electron chi connectivity index (χ2n) is 4.49. The van der Waals surface area contributed by atoms with Crippen LogP contribution in [0.15, 0.2) is 12.3 Å². The Morgan fingerprint density at radius 1 is 1.50 bits per heavy atom. The van der Waals surface area contributed by atoms with E-state index in [0.717, 1.165) is 16.9 Å². The molecule has 1 atom stereocenters. The Hall–Kier alpha value is -1.91. The Balaban J connectivity index is 2.30. The fraction of sp³-hybridized carbons (Fsp3) is 0.462. The SMILES string of the molecule is COC(=O)C1CC(=O)N(c2c(C)ccnc2C)C1. The molecule has 0 aromatic carbocycles. The van der Waals surface area contributed by atoms with Gasteiger partial charge in [-0.1, -0.05) is 0 Å². The monoisotopic (exact) mass is 248 g/mol. The lowest BCUT2D eigenvalue weighted by Crippen LogP contribution is -2.27. The Morgan fingerprint density at radius 3 is 2.83 bits per heavy atom. The maximum absolute atomic E-state index is 12.0. The van der Waals surface area contributed by atoms with Gasteiger partial charge >= 0.3 is 5.97 Å². The molecule has 1 fully saturated rings. The molecule has 2 heterocycles. The summed E-state index contributed by atoms with van der Waals surface area (Å²) in [5, 5.41) is 0. The summed E-state index contributed by atoms with van der Waals surface area (Å²) in [7, 11) is 1.34. The van der Waals surface area contributed by atoms with Crippen molar-refractivity contribution in [1.29, 1.82) is 0 Å². The van der Waals surface area contributed by atoms with Crippen molar-refractivity contribution in [2.75, 3.05) is 18.6 Å². The van der Waals surface area contributed by atoms with E-state index < -0.39 is 0 Å². The van der Waals surface area contributed by atoms with E-state index in [1.165, 1.54) is 7.11 Å². The van der Waals surface area contributed by atoms with Gasteiger partial charge in [-0.25, -0.2) is 0 Å². The number of ether oxygens (including phenoxy) is 1. The molecule has 0 saturated carbocycles. The van der Waals surface area contributed by atoms with E-state index in [-0.39, 0.29) is 24.2 Å². The average Bonchev–Trinajstić information content (AvgIpc) is 2.70. The first kappa shape index (κ1) is 12.5. The first-order valence-electron chi connectivity index (χ1n) is 5.85. The topological polar surface area (TPSA) is 59.5 Å². The van der Waals surface area contributed by atoms with Crippen LogP contribution in [0.4, 0.5) is 5.69 Å². The molecule has 5 heteroatoms. The van der Waals surface area contributed by atoms with Gasteiger partial charge in [-0.05, 0) is 25.5 Å². The average molecular weight is 248 g/mol. The van der Waals surface area contributed by atoms with Crippen molar-refractivity contribution in [2.24, 2.45) is 5.92 Å². The standard InChI is InChI=1S/C13H16N2O3/c1-8-4-5-14-9(2)12(8)15-7-10(6-11(15)16)13(17)18-3/h4-5,10H,6-7H2,1-3H3. The molecule has 2 rings (SSSR count). The molecule has 1 aromatic heterocycles. The summed E-state index contributed by atoms with van der Waals surface area (Å²) in [6, 6.07) is 1.86. The number of nitrogens with zero attached hydrogens (tertiary/aromatic N) is 2. The number of hydrogen-bond acceptors (Lipinski definition) is 4. The molecule has 18 heavy (non-hydrogen) atoms. The molecule has 1 saturated heterocycles. The number of amides is 1. The van der Waals surface area contributed by atoms with Gasteiger partial charge in [-0.15, -0.1) is 0 Å². The Bertz CT molecular complexity index is 479. The van der Waals surface area contributed by atoms with Gasteiger partial charge in [-0.2, -0.15) is 0 Å². The summed E-state index contributed by atoms with van der Waals surface area (Å²) in [6.07, 6.45) is 1.92. The van der Waals surface area contributed by atoms with Crippen LogP contribution in [-0.2, 0) is 14.3 Å². The van der Waals surface area contributed by atoms with Crippen molar-refractivity contribution >= 4 is 17.6 Å². The summed E-state index contributed by atoms with van der Waals surface area (Å²) >= 11 is 0. The fourth-order valence-corrected chi connectivity index (χ4v) is 2.34. The third-order valence-electron chi connectivity index (χ3n) is 3.24.